The molecule has 5 fully saturated rings. The molecule has 6 aliphatic rings. The summed E-state index contributed by atoms with van der Waals surface area (Å²) in [6.45, 7) is 16.6. The summed E-state index contributed by atoms with van der Waals surface area (Å²) in [7, 11) is 1.78. The normalized spacial score (nSPS) is 37.6. The average molecular weight is 630 g/mol. The molecule has 1 aromatic rings. The van der Waals surface area contributed by atoms with Gasteiger partial charge in [-0.15, -0.1) is 0 Å². The molecule has 0 radical (unpaired) electrons. The Hall–Kier alpha value is -1.91. The van der Waals surface area contributed by atoms with E-state index in [1.54, 1.807) is 13.2 Å². The summed E-state index contributed by atoms with van der Waals surface area (Å²) in [5.41, 5.74) is -1.58. The average Bonchev–Trinajstić information content (AvgIpc) is 3.75. The second-order valence-electron chi connectivity index (χ2n) is 16.2. The first kappa shape index (κ1) is 33.0. The standard InChI is InChI=1S/C36H55NO8/c1-22-9-12-26(44-30(40)43-18-13-25(39)21-38)29-28(22)35-16-17-37(20-24-10-11-24)23(2)34(35)14-15-36(42-8,33(35,7)45-29)27(19-34)32(6,41)31(3,4)5/h9,12,23-25,27,38-39,41H,10-11,13-21H2,1-8H3. The van der Waals surface area contributed by atoms with Crippen LogP contribution in [0.2, 0.25) is 0 Å². The Morgan fingerprint density at radius 3 is 2.51 bits per heavy atom. The molecule has 4 saturated carbocycles. The van der Waals surface area contributed by atoms with Crippen molar-refractivity contribution < 1.29 is 39.1 Å². The van der Waals surface area contributed by atoms with Crippen LogP contribution in [0, 0.1) is 29.6 Å². The highest BCUT2D eigenvalue weighted by Crippen LogP contribution is 2.80. The van der Waals surface area contributed by atoms with Crippen molar-refractivity contribution in [3.8, 4) is 11.5 Å². The van der Waals surface area contributed by atoms with Gasteiger partial charge in [0.25, 0.3) is 0 Å². The summed E-state index contributed by atoms with van der Waals surface area (Å²) in [6, 6.07) is 4.04. The van der Waals surface area contributed by atoms with Gasteiger partial charge in [0.05, 0.1) is 30.3 Å². The monoisotopic (exact) mass is 629 g/mol. The minimum absolute atomic E-state index is 0.0784. The molecule has 0 amide bonds. The number of benzene rings is 1. The molecule has 8 unspecified atom stereocenters. The first-order valence-electron chi connectivity index (χ1n) is 17.0. The zero-order valence-corrected chi connectivity index (χ0v) is 28.6. The van der Waals surface area contributed by atoms with E-state index in [-0.39, 0.29) is 30.4 Å². The molecule has 2 heterocycles. The number of piperidine rings is 1. The van der Waals surface area contributed by atoms with Crippen LogP contribution in [0.5, 0.6) is 11.5 Å². The van der Waals surface area contributed by atoms with Gasteiger partial charge >= 0.3 is 6.16 Å². The highest BCUT2D eigenvalue weighted by atomic mass is 16.7. The minimum atomic E-state index is -1.06. The van der Waals surface area contributed by atoms with Gasteiger partial charge in [0.15, 0.2) is 11.5 Å². The molecule has 3 N–H and O–H groups in total. The van der Waals surface area contributed by atoms with Crippen LogP contribution in [0.1, 0.15) is 97.6 Å². The number of nitrogens with zero attached hydrogens (tertiary/aromatic N) is 1. The van der Waals surface area contributed by atoms with Crippen LogP contribution in [0.4, 0.5) is 4.79 Å². The number of aryl methyl sites for hydroxylation is 1. The van der Waals surface area contributed by atoms with Gasteiger partial charge in [-0.25, -0.2) is 4.79 Å². The van der Waals surface area contributed by atoms with Crippen molar-refractivity contribution in [1.29, 1.82) is 0 Å². The maximum Gasteiger partial charge on any atom is 0.513 e. The SMILES string of the molecule is COC12CCC3(CC1C(C)(O)C(C)(C)C)C(C)N(CC1CC1)CCC31c3c(C)ccc(OC(=O)OCCC(O)CO)c3OC21C. The van der Waals surface area contributed by atoms with Gasteiger partial charge in [-0.3, -0.25) is 4.90 Å². The fraction of sp³-hybridized carbons (Fsp3) is 0.806. The van der Waals surface area contributed by atoms with E-state index in [1.165, 1.54) is 12.8 Å². The van der Waals surface area contributed by atoms with Crippen LogP contribution in [-0.4, -0.2) is 88.7 Å². The molecule has 2 bridgehead atoms. The predicted molar refractivity (Wildman–Crippen MR) is 170 cm³/mol. The van der Waals surface area contributed by atoms with Crippen LogP contribution >= 0.6 is 0 Å². The highest BCUT2D eigenvalue weighted by Gasteiger charge is 2.85. The molecule has 2 spiro atoms. The molecule has 1 saturated heterocycles. The summed E-state index contributed by atoms with van der Waals surface area (Å²) < 4.78 is 25.2. The summed E-state index contributed by atoms with van der Waals surface area (Å²) in [5.74, 6) is 1.44. The number of carbonyl (C=O) groups is 1. The molecule has 9 heteroatoms. The first-order valence-corrected chi connectivity index (χ1v) is 17.0. The molecule has 4 aliphatic carbocycles. The van der Waals surface area contributed by atoms with E-state index in [0.717, 1.165) is 55.8 Å². The van der Waals surface area contributed by atoms with Gasteiger partial charge in [-0.2, -0.15) is 0 Å². The van der Waals surface area contributed by atoms with Crippen molar-refractivity contribution in [2.24, 2.45) is 22.7 Å². The summed E-state index contributed by atoms with van der Waals surface area (Å²) in [4.78, 5) is 15.6. The smallest absolute Gasteiger partial charge is 0.479 e. The summed E-state index contributed by atoms with van der Waals surface area (Å²) in [6.07, 6.45) is 4.28. The van der Waals surface area contributed by atoms with Gasteiger partial charge in [0, 0.05) is 43.0 Å². The van der Waals surface area contributed by atoms with Crippen molar-refractivity contribution in [2.75, 3.05) is 33.4 Å². The van der Waals surface area contributed by atoms with Crippen molar-refractivity contribution in [3.63, 3.8) is 0 Å². The van der Waals surface area contributed by atoms with Crippen molar-refractivity contribution in [3.05, 3.63) is 23.3 Å². The second-order valence-corrected chi connectivity index (χ2v) is 16.2. The lowest BCUT2D eigenvalue weighted by atomic mass is 9.31. The molecule has 1 aromatic carbocycles. The Morgan fingerprint density at radius 1 is 1.18 bits per heavy atom. The number of carbonyl (C=O) groups excluding carboxylic acids is 1. The highest BCUT2D eigenvalue weighted by molar-refractivity contribution is 5.69. The zero-order chi connectivity index (χ0) is 32.8. The number of hydrogen-bond acceptors (Lipinski definition) is 9. The summed E-state index contributed by atoms with van der Waals surface area (Å²) in [5, 5.41) is 31.3. The number of ether oxygens (including phenoxy) is 4. The van der Waals surface area contributed by atoms with Crippen LogP contribution < -0.4 is 9.47 Å². The molecule has 252 valence electrons. The predicted octanol–water partition coefficient (Wildman–Crippen LogP) is 5.13. The van der Waals surface area contributed by atoms with Crippen LogP contribution in [0.25, 0.3) is 0 Å². The van der Waals surface area contributed by atoms with E-state index < -0.39 is 46.5 Å². The largest absolute Gasteiger partial charge is 0.513 e. The third-order valence-corrected chi connectivity index (χ3v) is 13.6. The Morgan fingerprint density at radius 2 is 1.89 bits per heavy atom. The Kier molecular flexibility index (Phi) is 7.93. The Bertz CT molecular complexity index is 1320. The quantitative estimate of drug-likeness (QED) is 0.252. The lowest BCUT2D eigenvalue weighted by Crippen LogP contribution is -2.86. The fourth-order valence-electron chi connectivity index (χ4n) is 10.4. The number of aliphatic hydroxyl groups is 3. The number of aliphatic hydroxyl groups excluding tert-OH is 2. The van der Waals surface area contributed by atoms with Crippen molar-refractivity contribution in [2.45, 2.75) is 128 Å². The molecule has 9 nitrogen and oxygen atoms in total. The van der Waals surface area contributed by atoms with Gasteiger partial charge < -0.3 is 34.3 Å². The van der Waals surface area contributed by atoms with Crippen molar-refractivity contribution in [1.82, 2.24) is 4.90 Å². The zero-order valence-electron chi connectivity index (χ0n) is 28.6. The van der Waals surface area contributed by atoms with Gasteiger partial charge in [0.1, 0.15) is 11.2 Å². The number of methoxy groups -OCH3 is 1. The Labute approximate surface area is 268 Å². The fourth-order valence-corrected chi connectivity index (χ4v) is 10.4. The number of likely N-dealkylation sites (tertiary alicyclic amines) is 1. The van der Waals surface area contributed by atoms with Gasteiger partial charge in [-0.05, 0) is 95.7 Å². The molecule has 0 aromatic heterocycles. The van der Waals surface area contributed by atoms with E-state index in [0.29, 0.717) is 11.5 Å². The number of rotatable bonds is 9. The van der Waals surface area contributed by atoms with E-state index in [1.807, 2.05) is 13.0 Å². The third kappa shape index (κ3) is 4.39. The molecule has 2 aliphatic heterocycles. The molecule has 45 heavy (non-hydrogen) atoms. The first-order chi connectivity index (χ1) is 21.0. The van der Waals surface area contributed by atoms with E-state index in [9.17, 15) is 15.0 Å². The van der Waals surface area contributed by atoms with Gasteiger partial charge in [-0.1, -0.05) is 26.8 Å². The number of fused-ring (bicyclic) bond motifs is 3. The van der Waals surface area contributed by atoms with Crippen molar-refractivity contribution >= 4 is 6.16 Å². The lowest BCUT2D eigenvalue weighted by molar-refractivity contribution is -0.342. The van der Waals surface area contributed by atoms with Crippen LogP contribution in [0.3, 0.4) is 0 Å². The van der Waals surface area contributed by atoms with Gasteiger partial charge in [0.2, 0.25) is 0 Å². The maximum absolute atomic E-state index is 12.9. The molecular weight excluding hydrogens is 574 g/mol. The van der Waals surface area contributed by atoms with E-state index in [4.69, 9.17) is 24.1 Å². The number of hydrogen-bond donors (Lipinski definition) is 3. The minimum Gasteiger partial charge on any atom is -0.479 e. The Balaban J connectivity index is 1.50. The topological polar surface area (TPSA) is 118 Å². The second kappa shape index (κ2) is 10.8. The molecule has 8 atom stereocenters. The van der Waals surface area contributed by atoms with Crippen LogP contribution in [0.15, 0.2) is 12.1 Å². The third-order valence-electron chi connectivity index (χ3n) is 13.6. The lowest BCUT2D eigenvalue weighted by Gasteiger charge is -2.77. The van der Waals surface area contributed by atoms with E-state index in [2.05, 4.69) is 46.4 Å². The summed E-state index contributed by atoms with van der Waals surface area (Å²) >= 11 is 0. The molecular formula is C36H55NO8. The molecule has 7 rings (SSSR count). The van der Waals surface area contributed by atoms with Crippen LogP contribution in [-0.2, 0) is 14.9 Å². The van der Waals surface area contributed by atoms with E-state index >= 15 is 0 Å². The maximum atomic E-state index is 12.9.